The predicted octanol–water partition coefficient (Wildman–Crippen LogP) is 4.35. The van der Waals surface area contributed by atoms with Crippen LogP contribution >= 0.6 is 27.5 Å². The highest BCUT2D eigenvalue weighted by Gasteiger charge is 2.20. The molecule has 0 unspecified atom stereocenters. The molecular weight excluding hydrogens is 428 g/mol. The molecular formula is C17H18BrClN2O3S. The molecule has 0 aliphatic rings. The minimum Gasteiger partial charge on any atom is -0.350 e. The molecule has 2 aromatic rings. The molecule has 0 bridgehead atoms. The second-order valence-corrected chi connectivity index (χ2v) is 8.80. The van der Waals surface area contributed by atoms with Gasteiger partial charge in [-0.25, -0.2) is 8.42 Å². The zero-order chi connectivity index (χ0) is 18.8. The van der Waals surface area contributed by atoms with E-state index in [1.54, 1.807) is 12.1 Å². The molecule has 2 N–H and O–H groups in total. The van der Waals surface area contributed by atoms with E-state index in [-0.39, 0.29) is 21.5 Å². The first-order chi connectivity index (χ1) is 11.6. The number of halogens is 2. The van der Waals surface area contributed by atoms with Gasteiger partial charge < -0.3 is 5.32 Å². The van der Waals surface area contributed by atoms with Crippen molar-refractivity contribution in [2.45, 2.75) is 31.7 Å². The number of rotatable bonds is 5. The summed E-state index contributed by atoms with van der Waals surface area (Å²) in [7, 11) is -3.87. The lowest BCUT2D eigenvalue weighted by molar-refractivity contribution is 0.0943. The van der Waals surface area contributed by atoms with Crippen LogP contribution in [0.15, 0.2) is 45.8 Å². The third kappa shape index (κ3) is 4.96. The summed E-state index contributed by atoms with van der Waals surface area (Å²) in [5.41, 5.74) is 1.44. The molecule has 2 rings (SSSR count). The summed E-state index contributed by atoms with van der Waals surface area (Å²) in [4.78, 5) is 12.2. The summed E-state index contributed by atoms with van der Waals surface area (Å²) in [6.45, 7) is 5.48. The van der Waals surface area contributed by atoms with E-state index in [1.807, 2.05) is 26.8 Å². The van der Waals surface area contributed by atoms with Gasteiger partial charge in [0.15, 0.2) is 0 Å². The lowest BCUT2D eigenvalue weighted by Gasteiger charge is -2.13. The Kier molecular flexibility index (Phi) is 6.13. The largest absolute Gasteiger partial charge is 0.350 e. The van der Waals surface area contributed by atoms with Crippen LogP contribution in [0, 0.1) is 6.92 Å². The van der Waals surface area contributed by atoms with Crippen molar-refractivity contribution >= 4 is 49.1 Å². The molecule has 0 saturated heterocycles. The molecule has 2 aromatic carbocycles. The predicted molar refractivity (Wildman–Crippen MR) is 104 cm³/mol. The number of hydrogen-bond donors (Lipinski definition) is 2. The number of anilines is 1. The highest BCUT2D eigenvalue weighted by molar-refractivity contribution is 9.10. The maximum absolute atomic E-state index is 12.7. The number of amides is 1. The zero-order valence-electron chi connectivity index (χ0n) is 13.9. The summed E-state index contributed by atoms with van der Waals surface area (Å²) in [6, 6.07) is 9.27. The van der Waals surface area contributed by atoms with Gasteiger partial charge >= 0.3 is 0 Å². The molecule has 1 amide bonds. The van der Waals surface area contributed by atoms with Crippen LogP contribution < -0.4 is 10.0 Å². The van der Waals surface area contributed by atoms with Crippen molar-refractivity contribution in [2.24, 2.45) is 0 Å². The van der Waals surface area contributed by atoms with Crippen LogP contribution in [0.4, 0.5) is 5.69 Å². The van der Waals surface area contributed by atoms with Gasteiger partial charge in [0.25, 0.3) is 15.9 Å². The summed E-state index contributed by atoms with van der Waals surface area (Å²) in [5, 5.41) is 2.89. The van der Waals surface area contributed by atoms with Crippen molar-refractivity contribution in [1.29, 1.82) is 0 Å². The molecule has 0 spiro atoms. The highest BCUT2D eigenvalue weighted by Crippen LogP contribution is 2.27. The Hall–Kier alpha value is -1.57. The van der Waals surface area contributed by atoms with Gasteiger partial charge in [-0.15, -0.1) is 0 Å². The van der Waals surface area contributed by atoms with Crippen LogP contribution in [0.25, 0.3) is 0 Å². The average molecular weight is 446 g/mol. The van der Waals surface area contributed by atoms with Crippen molar-refractivity contribution in [3.05, 3.63) is 57.0 Å². The van der Waals surface area contributed by atoms with E-state index in [0.29, 0.717) is 10.2 Å². The van der Waals surface area contributed by atoms with Crippen LogP contribution in [-0.4, -0.2) is 20.4 Å². The number of nitrogens with one attached hydrogen (secondary N) is 2. The number of benzene rings is 2. The third-order valence-electron chi connectivity index (χ3n) is 3.28. The van der Waals surface area contributed by atoms with Gasteiger partial charge in [-0.2, -0.15) is 0 Å². The van der Waals surface area contributed by atoms with E-state index in [2.05, 4.69) is 26.0 Å². The molecule has 0 aliphatic heterocycles. The van der Waals surface area contributed by atoms with Crippen molar-refractivity contribution in [1.82, 2.24) is 5.32 Å². The molecule has 0 fully saturated rings. The normalized spacial score (nSPS) is 11.4. The molecule has 0 radical (unpaired) electrons. The zero-order valence-corrected chi connectivity index (χ0v) is 17.1. The van der Waals surface area contributed by atoms with Crippen LogP contribution in [0.5, 0.6) is 0 Å². The smallest absolute Gasteiger partial charge is 0.261 e. The Labute approximate surface area is 161 Å². The Bertz CT molecular complexity index is 914. The lowest BCUT2D eigenvalue weighted by atomic mass is 10.2. The Balaban J connectivity index is 2.39. The topological polar surface area (TPSA) is 75.3 Å². The van der Waals surface area contributed by atoms with E-state index >= 15 is 0 Å². The molecule has 5 nitrogen and oxygen atoms in total. The molecule has 0 saturated carbocycles. The first kappa shape index (κ1) is 19.8. The summed E-state index contributed by atoms with van der Waals surface area (Å²) in [6.07, 6.45) is 0. The van der Waals surface area contributed by atoms with E-state index < -0.39 is 15.9 Å². The number of aryl methyl sites for hydroxylation is 1. The van der Waals surface area contributed by atoms with Crippen LogP contribution in [0.3, 0.4) is 0 Å². The molecule has 134 valence electrons. The van der Waals surface area contributed by atoms with Gasteiger partial charge in [0.1, 0.15) is 0 Å². The molecule has 0 atom stereocenters. The van der Waals surface area contributed by atoms with Crippen molar-refractivity contribution in [3.8, 4) is 0 Å². The van der Waals surface area contributed by atoms with Crippen molar-refractivity contribution < 1.29 is 13.2 Å². The lowest BCUT2D eigenvalue weighted by Crippen LogP contribution is -2.30. The van der Waals surface area contributed by atoms with E-state index in [4.69, 9.17) is 11.6 Å². The first-order valence-corrected chi connectivity index (χ1v) is 10.1. The van der Waals surface area contributed by atoms with Gasteiger partial charge in [0.05, 0.1) is 21.2 Å². The van der Waals surface area contributed by atoms with E-state index in [1.165, 1.54) is 18.2 Å². The maximum atomic E-state index is 12.7. The number of hydrogen-bond acceptors (Lipinski definition) is 3. The van der Waals surface area contributed by atoms with Crippen molar-refractivity contribution in [2.75, 3.05) is 4.72 Å². The van der Waals surface area contributed by atoms with Crippen LogP contribution in [0.1, 0.15) is 29.8 Å². The van der Waals surface area contributed by atoms with Gasteiger partial charge in [-0.3, -0.25) is 9.52 Å². The number of sulfonamides is 1. The minimum absolute atomic E-state index is 0.0424. The standard InChI is InChI=1S/C17H18BrClN2O3S/c1-10(2)20-17(22)13-9-12(5-7-15(13)19)25(23,24)21-16-8-11(3)4-6-14(16)18/h4-10,21H,1-3H3,(H,20,22). The Morgan fingerprint density at radius 1 is 1.16 bits per heavy atom. The summed E-state index contributed by atoms with van der Waals surface area (Å²) >= 11 is 9.37. The maximum Gasteiger partial charge on any atom is 0.261 e. The molecule has 0 heterocycles. The quantitative estimate of drug-likeness (QED) is 0.718. The van der Waals surface area contributed by atoms with Gasteiger partial charge in [-0.1, -0.05) is 17.7 Å². The average Bonchev–Trinajstić information content (AvgIpc) is 2.50. The van der Waals surface area contributed by atoms with Gasteiger partial charge in [0.2, 0.25) is 0 Å². The first-order valence-electron chi connectivity index (χ1n) is 7.49. The Morgan fingerprint density at radius 2 is 1.84 bits per heavy atom. The van der Waals surface area contributed by atoms with Crippen LogP contribution in [-0.2, 0) is 10.0 Å². The van der Waals surface area contributed by atoms with Gasteiger partial charge in [0, 0.05) is 10.5 Å². The fraction of sp³-hybridized carbons (Fsp3) is 0.235. The Morgan fingerprint density at radius 3 is 2.48 bits per heavy atom. The van der Waals surface area contributed by atoms with Gasteiger partial charge in [-0.05, 0) is 72.6 Å². The molecule has 0 aliphatic carbocycles. The second kappa shape index (κ2) is 7.76. The molecule has 8 heteroatoms. The molecule has 25 heavy (non-hydrogen) atoms. The van der Waals surface area contributed by atoms with E-state index in [0.717, 1.165) is 5.56 Å². The fourth-order valence-corrected chi connectivity index (χ4v) is 3.88. The molecule has 0 aromatic heterocycles. The van der Waals surface area contributed by atoms with Crippen LogP contribution in [0.2, 0.25) is 5.02 Å². The summed E-state index contributed by atoms with van der Waals surface area (Å²) in [5.74, 6) is -0.422. The summed E-state index contributed by atoms with van der Waals surface area (Å²) < 4.78 is 28.5. The number of carbonyl (C=O) groups excluding carboxylic acids is 1. The number of carbonyl (C=O) groups is 1. The van der Waals surface area contributed by atoms with E-state index in [9.17, 15) is 13.2 Å². The monoisotopic (exact) mass is 444 g/mol. The minimum atomic E-state index is -3.87. The fourth-order valence-electron chi connectivity index (χ4n) is 2.11. The second-order valence-electron chi connectivity index (χ2n) is 5.86. The highest BCUT2D eigenvalue weighted by atomic mass is 79.9. The third-order valence-corrected chi connectivity index (χ3v) is 5.66. The van der Waals surface area contributed by atoms with Crippen molar-refractivity contribution in [3.63, 3.8) is 0 Å². The SMILES string of the molecule is Cc1ccc(Br)c(NS(=O)(=O)c2ccc(Cl)c(C(=O)NC(C)C)c2)c1.